The van der Waals surface area contributed by atoms with Gasteiger partial charge < -0.3 is 19.8 Å². The van der Waals surface area contributed by atoms with Crippen LogP contribution in [0.1, 0.15) is 39.5 Å². The summed E-state index contributed by atoms with van der Waals surface area (Å²) in [5.41, 5.74) is 1.21. The summed E-state index contributed by atoms with van der Waals surface area (Å²) in [6.07, 6.45) is 5.77. The van der Waals surface area contributed by atoms with Gasteiger partial charge in [-0.3, -0.25) is 19.4 Å². The second-order valence-electron chi connectivity index (χ2n) is 7.79. The number of ether oxygens (including phenoxy) is 1. The van der Waals surface area contributed by atoms with E-state index in [-0.39, 0.29) is 13.1 Å². The molecule has 0 aromatic carbocycles. The largest absolute Gasteiger partial charge is 0.494 e. The van der Waals surface area contributed by atoms with Crippen LogP contribution in [0.15, 0.2) is 24.0 Å². The van der Waals surface area contributed by atoms with Crippen molar-refractivity contribution < 1.29 is 24.5 Å². The van der Waals surface area contributed by atoms with Crippen molar-refractivity contribution in [3.8, 4) is 0 Å². The lowest BCUT2D eigenvalue weighted by Gasteiger charge is -2.25. The molecular weight excluding hydrogens is 386 g/mol. The molecule has 8 nitrogen and oxygen atoms in total. The first-order valence-corrected chi connectivity index (χ1v) is 10.9. The van der Waals surface area contributed by atoms with E-state index in [1.807, 2.05) is 9.80 Å². The maximum absolute atomic E-state index is 11.1. The van der Waals surface area contributed by atoms with Crippen molar-refractivity contribution in [3.05, 3.63) is 24.0 Å². The zero-order chi connectivity index (χ0) is 22.4. The molecule has 0 amide bonds. The minimum absolute atomic E-state index is 0.0115. The Bertz CT molecular complexity index is 551. The zero-order valence-corrected chi connectivity index (χ0v) is 18.6. The Morgan fingerprint density at radius 1 is 0.900 bits per heavy atom. The molecule has 1 saturated heterocycles. The van der Waals surface area contributed by atoms with Gasteiger partial charge in [-0.25, -0.2) is 0 Å². The Hall–Kier alpha value is -1.90. The molecule has 8 heteroatoms. The van der Waals surface area contributed by atoms with E-state index in [1.54, 1.807) is 6.08 Å². The molecular formula is C22H39N3O5. The number of nitrogens with zero attached hydrogens (tertiary/aromatic N) is 3. The van der Waals surface area contributed by atoms with E-state index in [0.717, 1.165) is 51.1 Å². The second kappa shape index (κ2) is 15.0. The molecule has 0 radical (unpaired) electrons. The highest BCUT2D eigenvalue weighted by molar-refractivity contribution is 5.69. The molecule has 30 heavy (non-hydrogen) atoms. The molecule has 1 aliphatic rings. The lowest BCUT2D eigenvalue weighted by Crippen LogP contribution is -2.40. The van der Waals surface area contributed by atoms with Gasteiger partial charge in [0, 0.05) is 39.3 Å². The number of aliphatic carboxylic acids is 2. The van der Waals surface area contributed by atoms with Crippen LogP contribution in [0.25, 0.3) is 0 Å². The summed E-state index contributed by atoms with van der Waals surface area (Å²) < 4.78 is 5.81. The van der Waals surface area contributed by atoms with E-state index in [1.165, 1.54) is 5.57 Å². The first-order chi connectivity index (χ1) is 14.3. The highest BCUT2D eigenvalue weighted by atomic mass is 16.5. The maximum atomic E-state index is 11.1. The third-order valence-electron chi connectivity index (χ3n) is 5.43. The molecule has 0 bridgehead atoms. The summed E-state index contributed by atoms with van der Waals surface area (Å²) in [5, 5.41) is 18.2. The van der Waals surface area contributed by atoms with E-state index in [2.05, 4.69) is 25.3 Å². The Kier molecular flexibility index (Phi) is 13.1. The van der Waals surface area contributed by atoms with Crippen LogP contribution in [0.3, 0.4) is 0 Å². The number of hydrogen-bond donors (Lipinski definition) is 2. The summed E-state index contributed by atoms with van der Waals surface area (Å²) >= 11 is 0. The number of carboxylic acids is 2. The molecule has 1 heterocycles. The zero-order valence-electron chi connectivity index (χ0n) is 18.6. The maximum Gasteiger partial charge on any atom is 0.317 e. The number of rotatable bonds is 13. The second-order valence-corrected chi connectivity index (χ2v) is 7.79. The van der Waals surface area contributed by atoms with Crippen molar-refractivity contribution in [2.45, 2.75) is 39.5 Å². The molecule has 0 atom stereocenters. The predicted molar refractivity (Wildman–Crippen MR) is 118 cm³/mol. The number of hydrogen-bond acceptors (Lipinski definition) is 6. The number of allylic oxidation sites excluding steroid dienone is 2. The number of carbonyl (C=O) groups is 2. The van der Waals surface area contributed by atoms with Crippen LogP contribution in [-0.4, -0.2) is 102 Å². The molecule has 1 fully saturated rings. The Labute approximate surface area is 180 Å². The monoisotopic (exact) mass is 425 g/mol. The summed E-state index contributed by atoms with van der Waals surface area (Å²) in [5.74, 6) is -0.816. The normalized spacial score (nSPS) is 18.1. The van der Waals surface area contributed by atoms with Gasteiger partial charge in [0.25, 0.3) is 0 Å². The average Bonchev–Trinajstić information content (AvgIpc) is 2.78. The third-order valence-corrected chi connectivity index (χ3v) is 5.43. The minimum Gasteiger partial charge on any atom is -0.494 e. The standard InChI is InChI=1S/C22H39N3O5/c1-4-19(3)20(5-2)30-16-8-6-7-9-23-10-12-24(17-21(26)27)14-15-25(13-11-23)18-22(28)29/h5H,2,4,6-18H2,1,3H3,(H,26,27)(H,28,29). The van der Waals surface area contributed by atoms with Gasteiger partial charge in [-0.2, -0.15) is 0 Å². The van der Waals surface area contributed by atoms with Gasteiger partial charge in [0.2, 0.25) is 0 Å². The van der Waals surface area contributed by atoms with Crippen molar-refractivity contribution in [1.29, 1.82) is 0 Å². The van der Waals surface area contributed by atoms with Crippen LogP contribution >= 0.6 is 0 Å². The van der Waals surface area contributed by atoms with Crippen molar-refractivity contribution in [2.75, 3.05) is 65.5 Å². The average molecular weight is 426 g/mol. The fraction of sp³-hybridized carbons (Fsp3) is 0.727. The Morgan fingerprint density at radius 2 is 1.40 bits per heavy atom. The molecule has 0 aliphatic carbocycles. The van der Waals surface area contributed by atoms with E-state index in [9.17, 15) is 9.59 Å². The summed E-state index contributed by atoms with van der Waals surface area (Å²) in [6, 6.07) is 0. The van der Waals surface area contributed by atoms with Crippen LogP contribution in [-0.2, 0) is 14.3 Å². The van der Waals surface area contributed by atoms with Gasteiger partial charge >= 0.3 is 11.9 Å². The third kappa shape index (κ3) is 11.3. The van der Waals surface area contributed by atoms with Gasteiger partial charge in [-0.1, -0.05) is 13.5 Å². The van der Waals surface area contributed by atoms with Gasteiger partial charge in [0.15, 0.2) is 0 Å². The van der Waals surface area contributed by atoms with E-state index < -0.39 is 11.9 Å². The molecule has 1 rings (SSSR count). The minimum atomic E-state index is -0.850. The molecule has 2 N–H and O–H groups in total. The highest BCUT2D eigenvalue weighted by Crippen LogP contribution is 2.12. The predicted octanol–water partition coefficient (Wildman–Crippen LogP) is 2.13. The molecule has 0 saturated carbocycles. The molecule has 1 aliphatic heterocycles. The summed E-state index contributed by atoms with van der Waals surface area (Å²) in [4.78, 5) is 28.3. The van der Waals surface area contributed by atoms with Crippen molar-refractivity contribution in [2.24, 2.45) is 0 Å². The lowest BCUT2D eigenvalue weighted by atomic mass is 10.2. The summed E-state index contributed by atoms with van der Waals surface area (Å²) in [6.45, 7) is 13.6. The van der Waals surface area contributed by atoms with Crippen LogP contribution < -0.4 is 0 Å². The lowest BCUT2D eigenvalue weighted by molar-refractivity contribution is -0.140. The number of carboxylic acid groups (broad SMARTS) is 2. The van der Waals surface area contributed by atoms with Crippen LogP contribution in [0.4, 0.5) is 0 Å². The summed E-state index contributed by atoms with van der Waals surface area (Å²) in [7, 11) is 0. The smallest absolute Gasteiger partial charge is 0.317 e. The van der Waals surface area contributed by atoms with Gasteiger partial charge in [-0.15, -0.1) is 0 Å². The van der Waals surface area contributed by atoms with Crippen LogP contribution in [0.5, 0.6) is 0 Å². The fourth-order valence-corrected chi connectivity index (χ4v) is 3.43. The fourth-order valence-electron chi connectivity index (χ4n) is 3.43. The van der Waals surface area contributed by atoms with Gasteiger partial charge in [0.05, 0.1) is 19.7 Å². The van der Waals surface area contributed by atoms with Crippen molar-refractivity contribution in [1.82, 2.24) is 14.7 Å². The SMILES string of the molecule is C=CC(OCCCCCN1CCN(CC(=O)O)CCN(CC(=O)O)CC1)=C(C)CC. The van der Waals surface area contributed by atoms with Crippen LogP contribution in [0.2, 0.25) is 0 Å². The van der Waals surface area contributed by atoms with Crippen LogP contribution in [0, 0.1) is 0 Å². The Morgan fingerprint density at radius 3 is 1.83 bits per heavy atom. The van der Waals surface area contributed by atoms with Gasteiger partial charge in [0.1, 0.15) is 5.76 Å². The van der Waals surface area contributed by atoms with Gasteiger partial charge in [-0.05, 0) is 50.8 Å². The van der Waals surface area contributed by atoms with Crippen molar-refractivity contribution >= 4 is 11.9 Å². The first-order valence-electron chi connectivity index (χ1n) is 10.9. The molecule has 0 aromatic heterocycles. The quantitative estimate of drug-likeness (QED) is 0.263. The topological polar surface area (TPSA) is 93.6 Å². The molecule has 172 valence electrons. The first kappa shape index (κ1) is 26.1. The van der Waals surface area contributed by atoms with E-state index in [4.69, 9.17) is 14.9 Å². The van der Waals surface area contributed by atoms with E-state index in [0.29, 0.717) is 32.8 Å². The van der Waals surface area contributed by atoms with Crippen molar-refractivity contribution in [3.63, 3.8) is 0 Å². The Balaban J connectivity index is 2.45. The molecule has 0 spiro atoms. The molecule has 0 aromatic rings. The molecule has 0 unspecified atom stereocenters. The number of unbranched alkanes of at least 4 members (excludes halogenated alkanes) is 2. The highest BCUT2D eigenvalue weighted by Gasteiger charge is 2.19. The van der Waals surface area contributed by atoms with E-state index >= 15 is 0 Å².